The third kappa shape index (κ3) is 4.65. The fourth-order valence-electron chi connectivity index (χ4n) is 2.45. The van der Waals surface area contributed by atoms with Gasteiger partial charge in [-0.2, -0.15) is 0 Å². The maximum absolute atomic E-state index is 3.61. The maximum Gasteiger partial charge on any atom is 0.00108 e. The van der Waals surface area contributed by atoms with Gasteiger partial charge in [0, 0.05) is 6.54 Å². The van der Waals surface area contributed by atoms with Gasteiger partial charge in [-0.1, -0.05) is 51.5 Å². The Balaban J connectivity index is 2.85. The highest BCUT2D eigenvalue weighted by molar-refractivity contribution is 5.31. The van der Waals surface area contributed by atoms with Crippen LogP contribution in [0.4, 0.5) is 0 Å². The minimum atomic E-state index is 0.327. The summed E-state index contributed by atoms with van der Waals surface area (Å²) in [4.78, 5) is 0. The second-order valence-corrected chi connectivity index (χ2v) is 6.59. The van der Waals surface area contributed by atoms with Crippen LogP contribution in [0, 0.1) is 25.2 Å². The summed E-state index contributed by atoms with van der Waals surface area (Å²) in [5, 5.41) is 3.61. The van der Waals surface area contributed by atoms with Gasteiger partial charge < -0.3 is 5.32 Å². The predicted octanol–water partition coefficient (Wildman–Crippen LogP) is 4.51. The van der Waals surface area contributed by atoms with Crippen molar-refractivity contribution in [2.24, 2.45) is 11.3 Å². The van der Waals surface area contributed by atoms with E-state index < -0.39 is 0 Å². The third-order valence-corrected chi connectivity index (χ3v) is 4.45. The molecule has 1 nitrogen and oxygen atoms in total. The lowest BCUT2D eigenvalue weighted by atomic mass is 9.73. The lowest BCUT2D eigenvalue weighted by molar-refractivity contribution is 0.207. The molecule has 1 atom stereocenters. The molecule has 0 aliphatic rings. The van der Waals surface area contributed by atoms with Crippen LogP contribution < -0.4 is 5.32 Å². The molecular weight excluding hydrogens is 230 g/mol. The van der Waals surface area contributed by atoms with E-state index in [1.165, 1.54) is 23.1 Å². The van der Waals surface area contributed by atoms with Crippen LogP contribution in [-0.2, 0) is 6.42 Å². The fourth-order valence-corrected chi connectivity index (χ4v) is 2.45. The Labute approximate surface area is 119 Å². The van der Waals surface area contributed by atoms with E-state index in [2.05, 4.69) is 65.1 Å². The van der Waals surface area contributed by atoms with E-state index in [1.807, 2.05) is 0 Å². The van der Waals surface area contributed by atoms with Crippen LogP contribution >= 0.6 is 0 Å². The average Bonchev–Trinajstić information content (AvgIpc) is 2.34. The van der Waals surface area contributed by atoms with E-state index >= 15 is 0 Å². The highest BCUT2D eigenvalue weighted by atomic mass is 14.9. The summed E-state index contributed by atoms with van der Waals surface area (Å²) in [5.74, 6) is 0.678. The van der Waals surface area contributed by atoms with E-state index in [4.69, 9.17) is 0 Å². The lowest BCUT2D eigenvalue weighted by Gasteiger charge is -2.35. The van der Waals surface area contributed by atoms with Crippen LogP contribution in [-0.4, -0.2) is 13.1 Å². The smallest absolute Gasteiger partial charge is 0.00108 e. The quantitative estimate of drug-likeness (QED) is 0.712. The molecule has 0 aliphatic carbocycles. The summed E-state index contributed by atoms with van der Waals surface area (Å²) in [6.45, 7) is 16.0. The predicted molar refractivity (Wildman–Crippen MR) is 85.7 cm³/mol. The van der Waals surface area contributed by atoms with Crippen LogP contribution in [0.25, 0.3) is 0 Å². The zero-order valence-corrected chi connectivity index (χ0v) is 13.6. The molecule has 0 heterocycles. The summed E-state index contributed by atoms with van der Waals surface area (Å²) in [7, 11) is 0. The first-order valence-electron chi connectivity index (χ1n) is 7.66. The molecule has 0 saturated carbocycles. The lowest BCUT2D eigenvalue weighted by Crippen LogP contribution is -2.38. The first kappa shape index (κ1) is 16.2. The SMILES string of the molecule is CCCNCC(C)(Cc1cc(C)ccc1C)C(C)C. The molecule has 0 spiro atoms. The van der Waals surface area contributed by atoms with Crippen molar-refractivity contribution in [2.45, 2.75) is 54.4 Å². The van der Waals surface area contributed by atoms with E-state index in [-0.39, 0.29) is 0 Å². The van der Waals surface area contributed by atoms with E-state index in [9.17, 15) is 0 Å². The van der Waals surface area contributed by atoms with Crippen molar-refractivity contribution in [3.05, 3.63) is 34.9 Å². The van der Waals surface area contributed by atoms with E-state index in [0.717, 1.165) is 19.5 Å². The largest absolute Gasteiger partial charge is 0.316 e. The molecule has 0 aliphatic heterocycles. The van der Waals surface area contributed by atoms with Gasteiger partial charge in [-0.15, -0.1) is 0 Å². The van der Waals surface area contributed by atoms with Crippen LogP contribution in [0.1, 0.15) is 50.8 Å². The van der Waals surface area contributed by atoms with Crippen molar-refractivity contribution >= 4 is 0 Å². The Morgan fingerprint density at radius 1 is 1.21 bits per heavy atom. The van der Waals surface area contributed by atoms with Crippen molar-refractivity contribution in [2.75, 3.05) is 13.1 Å². The Bertz CT molecular complexity index is 395. The number of hydrogen-bond donors (Lipinski definition) is 1. The average molecular weight is 261 g/mol. The Kier molecular flexibility index (Phi) is 6.06. The summed E-state index contributed by atoms with van der Waals surface area (Å²) >= 11 is 0. The second kappa shape index (κ2) is 7.09. The minimum absolute atomic E-state index is 0.327. The van der Waals surface area contributed by atoms with Crippen molar-refractivity contribution in [1.82, 2.24) is 5.32 Å². The highest BCUT2D eigenvalue weighted by Gasteiger charge is 2.28. The van der Waals surface area contributed by atoms with Gasteiger partial charge in [0.1, 0.15) is 0 Å². The van der Waals surface area contributed by atoms with Gasteiger partial charge in [0.25, 0.3) is 0 Å². The van der Waals surface area contributed by atoms with Gasteiger partial charge in [0.15, 0.2) is 0 Å². The molecule has 1 aromatic carbocycles. The molecule has 1 heteroatoms. The van der Waals surface area contributed by atoms with Crippen molar-refractivity contribution in [1.29, 1.82) is 0 Å². The first-order valence-corrected chi connectivity index (χ1v) is 7.66. The molecule has 0 amide bonds. The standard InChI is InChI=1S/C18H31N/c1-7-10-19-13-18(6,14(2)3)12-17-11-15(4)8-9-16(17)5/h8-9,11,14,19H,7,10,12-13H2,1-6H3. The molecule has 1 aromatic rings. The molecule has 0 aromatic heterocycles. The summed E-state index contributed by atoms with van der Waals surface area (Å²) in [5.41, 5.74) is 4.63. The van der Waals surface area contributed by atoms with Gasteiger partial charge in [0.2, 0.25) is 0 Å². The Hall–Kier alpha value is -0.820. The highest BCUT2D eigenvalue weighted by Crippen LogP contribution is 2.32. The molecule has 0 bridgehead atoms. The maximum atomic E-state index is 3.61. The molecule has 0 saturated heterocycles. The van der Waals surface area contributed by atoms with Gasteiger partial charge in [-0.05, 0) is 55.7 Å². The molecule has 1 rings (SSSR count). The zero-order valence-electron chi connectivity index (χ0n) is 13.6. The van der Waals surface area contributed by atoms with Crippen LogP contribution in [0.2, 0.25) is 0 Å². The van der Waals surface area contributed by atoms with Crippen molar-refractivity contribution < 1.29 is 0 Å². The molecule has 1 unspecified atom stereocenters. The monoisotopic (exact) mass is 261 g/mol. The molecular formula is C18H31N. The summed E-state index contributed by atoms with van der Waals surface area (Å²) in [6, 6.07) is 6.82. The van der Waals surface area contributed by atoms with Gasteiger partial charge in [-0.3, -0.25) is 0 Å². The molecule has 19 heavy (non-hydrogen) atoms. The number of nitrogens with one attached hydrogen (secondary N) is 1. The van der Waals surface area contributed by atoms with Gasteiger partial charge in [0.05, 0.1) is 0 Å². The summed E-state index contributed by atoms with van der Waals surface area (Å²) < 4.78 is 0. The van der Waals surface area contributed by atoms with E-state index in [0.29, 0.717) is 11.3 Å². The van der Waals surface area contributed by atoms with Gasteiger partial charge in [-0.25, -0.2) is 0 Å². The molecule has 0 radical (unpaired) electrons. The van der Waals surface area contributed by atoms with Crippen LogP contribution in [0.3, 0.4) is 0 Å². The second-order valence-electron chi connectivity index (χ2n) is 6.59. The number of aryl methyl sites for hydroxylation is 2. The van der Waals surface area contributed by atoms with Gasteiger partial charge >= 0.3 is 0 Å². The molecule has 108 valence electrons. The summed E-state index contributed by atoms with van der Waals surface area (Å²) in [6.07, 6.45) is 2.37. The minimum Gasteiger partial charge on any atom is -0.316 e. The van der Waals surface area contributed by atoms with Crippen LogP contribution in [0.5, 0.6) is 0 Å². The number of hydrogen-bond acceptors (Lipinski definition) is 1. The van der Waals surface area contributed by atoms with E-state index in [1.54, 1.807) is 0 Å². The first-order chi connectivity index (χ1) is 8.89. The third-order valence-electron chi connectivity index (χ3n) is 4.45. The Morgan fingerprint density at radius 2 is 1.89 bits per heavy atom. The molecule has 1 N–H and O–H groups in total. The topological polar surface area (TPSA) is 12.0 Å². The Morgan fingerprint density at radius 3 is 2.47 bits per heavy atom. The molecule has 0 fully saturated rings. The number of rotatable bonds is 7. The normalized spacial score (nSPS) is 14.7. The fraction of sp³-hybridized carbons (Fsp3) is 0.667. The number of benzene rings is 1. The van der Waals surface area contributed by atoms with Crippen LogP contribution in [0.15, 0.2) is 18.2 Å². The van der Waals surface area contributed by atoms with Crippen molar-refractivity contribution in [3.63, 3.8) is 0 Å². The van der Waals surface area contributed by atoms with Crippen molar-refractivity contribution in [3.8, 4) is 0 Å². The zero-order chi connectivity index (χ0) is 14.5.